The molecule has 0 amide bonds. The summed E-state index contributed by atoms with van der Waals surface area (Å²) in [5.74, 6) is -1.66. The summed E-state index contributed by atoms with van der Waals surface area (Å²) < 4.78 is 26.1. The first-order chi connectivity index (χ1) is 10.1. The molecule has 0 spiro atoms. The lowest BCUT2D eigenvalue weighted by Gasteiger charge is -2.08. The van der Waals surface area contributed by atoms with Gasteiger partial charge >= 0.3 is 0 Å². The zero-order valence-electron chi connectivity index (χ0n) is 11.7. The van der Waals surface area contributed by atoms with Crippen LogP contribution in [0.2, 0.25) is 0 Å². The van der Waals surface area contributed by atoms with Crippen LogP contribution >= 0.6 is 11.8 Å². The van der Waals surface area contributed by atoms with E-state index in [2.05, 4.69) is 16.4 Å². The number of hydrogen-bond acceptors (Lipinski definition) is 3. The minimum atomic E-state index is -0.831. The van der Waals surface area contributed by atoms with Gasteiger partial charge in [-0.2, -0.15) is 0 Å². The van der Waals surface area contributed by atoms with E-state index in [9.17, 15) is 8.78 Å². The average Bonchev–Trinajstić information content (AvgIpc) is 3.27. The molecular formula is C16H16F2N2S. The van der Waals surface area contributed by atoms with Crippen molar-refractivity contribution < 1.29 is 8.78 Å². The lowest BCUT2D eigenvalue weighted by Crippen LogP contribution is -2.15. The molecule has 0 unspecified atom stereocenters. The molecule has 1 heterocycles. The van der Waals surface area contributed by atoms with Gasteiger partial charge in [-0.25, -0.2) is 13.8 Å². The van der Waals surface area contributed by atoms with Crippen LogP contribution < -0.4 is 5.32 Å². The van der Waals surface area contributed by atoms with Crippen molar-refractivity contribution in [1.29, 1.82) is 0 Å². The number of pyridine rings is 1. The quantitative estimate of drug-likeness (QED) is 0.901. The molecule has 1 aliphatic carbocycles. The Morgan fingerprint density at radius 1 is 1.24 bits per heavy atom. The molecule has 0 bridgehead atoms. The highest BCUT2D eigenvalue weighted by atomic mass is 32.2. The number of aromatic nitrogens is 1. The Kier molecular flexibility index (Phi) is 4.22. The second-order valence-electron chi connectivity index (χ2n) is 5.30. The summed E-state index contributed by atoms with van der Waals surface area (Å²) in [6.45, 7) is 2.81. The number of aryl methyl sites for hydroxylation is 1. The second-order valence-corrected chi connectivity index (χ2v) is 6.36. The van der Waals surface area contributed by atoms with E-state index >= 15 is 0 Å². The van der Waals surface area contributed by atoms with Crippen LogP contribution in [0.4, 0.5) is 8.78 Å². The van der Waals surface area contributed by atoms with Gasteiger partial charge in [-0.1, -0.05) is 17.8 Å². The van der Waals surface area contributed by atoms with Gasteiger partial charge in [0, 0.05) is 23.7 Å². The van der Waals surface area contributed by atoms with E-state index in [-0.39, 0.29) is 0 Å². The fraction of sp³-hybridized carbons (Fsp3) is 0.312. The predicted molar refractivity (Wildman–Crippen MR) is 79.3 cm³/mol. The van der Waals surface area contributed by atoms with Gasteiger partial charge in [-0.15, -0.1) is 0 Å². The number of nitrogens with one attached hydrogen (secondary N) is 1. The summed E-state index contributed by atoms with van der Waals surface area (Å²) in [4.78, 5) is 5.08. The van der Waals surface area contributed by atoms with Crippen LogP contribution in [0.1, 0.15) is 24.0 Å². The molecule has 21 heavy (non-hydrogen) atoms. The maximum Gasteiger partial charge on any atom is 0.159 e. The Balaban J connectivity index is 1.70. The van der Waals surface area contributed by atoms with Gasteiger partial charge in [0.15, 0.2) is 11.6 Å². The second kappa shape index (κ2) is 6.12. The number of nitrogens with zero attached hydrogens (tertiary/aromatic N) is 1. The highest BCUT2D eigenvalue weighted by Gasteiger charge is 2.20. The zero-order valence-corrected chi connectivity index (χ0v) is 12.5. The lowest BCUT2D eigenvalue weighted by atomic mass is 10.2. The molecule has 0 radical (unpaired) electrons. The first-order valence-corrected chi connectivity index (χ1v) is 7.75. The van der Waals surface area contributed by atoms with Crippen molar-refractivity contribution in [2.45, 2.75) is 42.3 Å². The van der Waals surface area contributed by atoms with Gasteiger partial charge in [0.2, 0.25) is 0 Å². The molecule has 1 saturated carbocycles. The van der Waals surface area contributed by atoms with E-state index in [4.69, 9.17) is 0 Å². The topological polar surface area (TPSA) is 24.9 Å². The van der Waals surface area contributed by atoms with Gasteiger partial charge in [0.25, 0.3) is 0 Å². The minimum Gasteiger partial charge on any atom is -0.310 e. The summed E-state index contributed by atoms with van der Waals surface area (Å²) in [5, 5.41) is 4.26. The van der Waals surface area contributed by atoms with Gasteiger partial charge in [0.1, 0.15) is 5.03 Å². The van der Waals surface area contributed by atoms with E-state index in [0.29, 0.717) is 10.9 Å². The molecule has 1 aromatic carbocycles. The van der Waals surface area contributed by atoms with E-state index in [1.54, 1.807) is 6.07 Å². The van der Waals surface area contributed by atoms with Gasteiger partial charge in [-0.3, -0.25) is 0 Å². The zero-order chi connectivity index (χ0) is 14.8. The SMILES string of the molecule is Cc1cc(CNC2CC2)cnc1Sc1ccc(F)c(F)c1. The van der Waals surface area contributed by atoms with E-state index in [0.717, 1.165) is 28.8 Å². The summed E-state index contributed by atoms with van der Waals surface area (Å²) in [6, 6.07) is 6.66. The van der Waals surface area contributed by atoms with Crippen LogP contribution in [0.3, 0.4) is 0 Å². The highest BCUT2D eigenvalue weighted by molar-refractivity contribution is 7.99. The van der Waals surface area contributed by atoms with Crippen molar-refractivity contribution in [3.63, 3.8) is 0 Å². The minimum absolute atomic E-state index is 0.647. The fourth-order valence-electron chi connectivity index (χ4n) is 2.03. The van der Waals surface area contributed by atoms with Crippen LogP contribution in [0.5, 0.6) is 0 Å². The molecule has 110 valence electrons. The normalized spacial score (nSPS) is 14.4. The molecule has 3 rings (SSSR count). The van der Waals surface area contributed by atoms with Crippen molar-refractivity contribution in [2.24, 2.45) is 0 Å². The van der Waals surface area contributed by atoms with Crippen LogP contribution in [0.25, 0.3) is 0 Å². The summed E-state index contributed by atoms with van der Waals surface area (Å²) >= 11 is 1.34. The summed E-state index contributed by atoms with van der Waals surface area (Å²) in [6.07, 6.45) is 4.36. The Morgan fingerprint density at radius 3 is 2.71 bits per heavy atom. The number of rotatable bonds is 5. The van der Waals surface area contributed by atoms with Crippen molar-refractivity contribution in [3.8, 4) is 0 Å². The summed E-state index contributed by atoms with van der Waals surface area (Å²) in [7, 11) is 0. The molecule has 1 aliphatic rings. The van der Waals surface area contributed by atoms with Gasteiger partial charge in [-0.05, 0) is 49.1 Å². The molecular weight excluding hydrogens is 290 g/mol. The molecule has 1 N–H and O–H groups in total. The third kappa shape index (κ3) is 3.80. The lowest BCUT2D eigenvalue weighted by molar-refractivity contribution is 0.506. The number of benzene rings is 1. The molecule has 2 nitrogen and oxygen atoms in total. The molecule has 1 fully saturated rings. The van der Waals surface area contributed by atoms with Crippen LogP contribution in [-0.2, 0) is 6.54 Å². The third-order valence-corrected chi connectivity index (χ3v) is 4.48. The van der Waals surface area contributed by atoms with Gasteiger partial charge in [0.05, 0.1) is 0 Å². The Bertz CT molecular complexity index is 657. The average molecular weight is 306 g/mol. The largest absolute Gasteiger partial charge is 0.310 e. The standard InChI is InChI=1S/C16H16F2N2S/c1-10-6-11(8-19-12-2-3-12)9-20-16(10)21-13-4-5-14(17)15(18)7-13/h4-7,9,12,19H,2-3,8H2,1H3. The third-order valence-electron chi connectivity index (χ3n) is 3.36. The monoisotopic (exact) mass is 306 g/mol. The van der Waals surface area contributed by atoms with E-state index < -0.39 is 11.6 Å². The van der Waals surface area contributed by atoms with Crippen molar-refractivity contribution in [3.05, 3.63) is 53.2 Å². The van der Waals surface area contributed by atoms with Crippen LogP contribution in [0, 0.1) is 18.6 Å². The molecule has 0 atom stereocenters. The Morgan fingerprint density at radius 2 is 2.05 bits per heavy atom. The number of hydrogen-bond donors (Lipinski definition) is 1. The molecule has 1 aromatic heterocycles. The fourth-order valence-corrected chi connectivity index (χ4v) is 2.87. The summed E-state index contributed by atoms with van der Waals surface area (Å²) in [5.41, 5.74) is 2.19. The van der Waals surface area contributed by atoms with Crippen molar-refractivity contribution in [1.82, 2.24) is 10.3 Å². The molecule has 0 aliphatic heterocycles. The highest BCUT2D eigenvalue weighted by Crippen LogP contribution is 2.30. The first-order valence-electron chi connectivity index (χ1n) is 6.93. The Labute approximate surface area is 127 Å². The number of halogens is 2. The van der Waals surface area contributed by atoms with Crippen molar-refractivity contribution >= 4 is 11.8 Å². The maximum absolute atomic E-state index is 13.2. The van der Waals surface area contributed by atoms with Gasteiger partial charge < -0.3 is 5.32 Å². The predicted octanol–water partition coefficient (Wildman–Crippen LogP) is 4.07. The van der Waals surface area contributed by atoms with Crippen molar-refractivity contribution in [2.75, 3.05) is 0 Å². The van der Waals surface area contributed by atoms with E-state index in [1.165, 1.54) is 30.7 Å². The first kappa shape index (κ1) is 14.5. The maximum atomic E-state index is 13.2. The molecule has 2 aromatic rings. The Hall–Kier alpha value is -1.46. The van der Waals surface area contributed by atoms with Crippen LogP contribution in [-0.4, -0.2) is 11.0 Å². The smallest absolute Gasteiger partial charge is 0.159 e. The molecule has 5 heteroatoms. The van der Waals surface area contributed by atoms with E-state index in [1.807, 2.05) is 13.1 Å². The van der Waals surface area contributed by atoms with Crippen LogP contribution in [0.15, 0.2) is 40.4 Å². The molecule has 0 saturated heterocycles.